The fourth-order valence-corrected chi connectivity index (χ4v) is 6.24. The zero-order chi connectivity index (χ0) is 17.9. The lowest BCUT2D eigenvalue weighted by Gasteiger charge is -2.33. The lowest BCUT2D eigenvalue weighted by Crippen LogP contribution is -2.50. The number of sulfonamides is 1. The third-order valence-corrected chi connectivity index (χ3v) is 8.04. The van der Waals surface area contributed by atoms with Crippen LogP contribution in [0.2, 0.25) is 0 Å². The molecule has 2 aliphatic rings. The largest absolute Gasteiger partial charge is 0.352 e. The molecule has 1 heterocycles. The summed E-state index contributed by atoms with van der Waals surface area (Å²) in [6, 6.07) is 6.78. The number of amides is 1. The van der Waals surface area contributed by atoms with Gasteiger partial charge in [-0.3, -0.25) is 4.79 Å². The van der Waals surface area contributed by atoms with E-state index in [1.807, 2.05) is 0 Å². The topological polar surface area (TPSA) is 66.5 Å². The first-order chi connectivity index (χ1) is 12.0. The number of carbonyl (C=O) groups excluding carboxylic acids is 1. The second-order valence-corrected chi connectivity index (χ2v) is 9.74. The third-order valence-electron chi connectivity index (χ3n) is 5.16. The van der Waals surface area contributed by atoms with E-state index in [-0.39, 0.29) is 22.8 Å². The number of hydrogen-bond donors (Lipinski definition) is 1. The molecule has 1 aromatic rings. The van der Waals surface area contributed by atoms with Crippen molar-refractivity contribution < 1.29 is 13.2 Å². The summed E-state index contributed by atoms with van der Waals surface area (Å²) in [6.45, 7) is 0.849. The number of hydrogen-bond acceptors (Lipinski definition) is 3. The van der Waals surface area contributed by atoms with E-state index < -0.39 is 10.0 Å². The molecule has 1 saturated heterocycles. The average molecular weight is 429 g/mol. The number of rotatable bonds is 4. The number of nitrogens with one attached hydrogen (secondary N) is 1. The molecular weight excluding hydrogens is 404 g/mol. The van der Waals surface area contributed by atoms with Crippen molar-refractivity contribution in [3.8, 4) is 0 Å². The predicted octanol–water partition coefficient (Wildman–Crippen LogP) is 3.30. The lowest BCUT2D eigenvalue weighted by atomic mass is 9.88. The normalized spacial score (nSPS) is 23.3. The smallest absolute Gasteiger partial charge is 0.244 e. The van der Waals surface area contributed by atoms with Crippen molar-refractivity contribution in [1.29, 1.82) is 0 Å². The van der Waals surface area contributed by atoms with Crippen molar-refractivity contribution in [3.63, 3.8) is 0 Å². The van der Waals surface area contributed by atoms with Crippen LogP contribution in [0.3, 0.4) is 0 Å². The van der Waals surface area contributed by atoms with Gasteiger partial charge < -0.3 is 5.32 Å². The first-order valence-corrected chi connectivity index (χ1v) is 11.3. The van der Waals surface area contributed by atoms with Crippen LogP contribution in [0.1, 0.15) is 44.9 Å². The Labute approximate surface area is 158 Å². The van der Waals surface area contributed by atoms with Crippen LogP contribution in [0.15, 0.2) is 33.6 Å². The van der Waals surface area contributed by atoms with E-state index in [0.29, 0.717) is 17.6 Å². The monoisotopic (exact) mass is 428 g/mol. The van der Waals surface area contributed by atoms with Gasteiger partial charge in [0.1, 0.15) is 0 Å². The van der Waals surface area contributed by atoms with E-state index in [1.54, 1.807) is 24.3 Å². The molecule has 3 rings (SSSR count). The quantitative estimate of drug-likeness (QED) is 0.799. The number of piperidine rings is 1. The van der Waals surface area contributed by atoms with Crippen LogP contribution in [0.4, 0.5) is 0 Å². The predicted molar refractivity (Wildman–Crippen MR) is 101 cm³/mol. The van der Waals surface area contributed by atoms with Crippen LogP contribution in [0, 0.1) is 5.92 Å². The van der Waals surface area contributed by atoms with Crippen LogP contribution in [-0.4, -0.2) is 37.8 Å². The molecule has 1 N–H and O–H groups in total. The van der Waals surface area contributed by atoms with Crippen LogP contribution < -0.4 is 5.32 Å². The molecule has 2 fully saturated rings. The molecule has 0 spiro atoms. The summed E-state index contributed by atoms with van der Waals surface area (Å²) in [4.78, 5) is 12.7. The van der Waals surface area contributed by atoms with Crippen LogP contribution >= 0.6 is 15.9 Å². The minimum Gasteiger partial charge on any atom is -0.352 e. The molecule has 1 aliphatic carbocycles. The summed E-state index contributed by atoms with van der Waals surface area (Å²) < 4.78 is 27.9. The highest BCUT2D eigenvalue weighted by molar-refractivity contribution is 9.10. The van der Waals surface area contributed by atoms with E-state index >= 15 is 0 Å². The van der Waals surface area contributed by atoms with Gasteiger partial charge in [-0.15, -0.1) is 0 Å². The van der Waals surface area contributed by atoms with Gasteiger partial charge in [0.2, 0.25) is 15.9 Å². The Morgan fingerprint density at radius 2 is 1.80 bits per heavy atom. The summed E-state index contributed by atoms with van der Waals surface area (Å²) in [5.41, 5.74) is 0. The zero-order valence-corrected chi connectivity index (χ0v) is 16.7. The van der Waals surface area contributed by atoms with E-state index in [2.05, 4.69) is 21.2 Å². The number of benzene rings is 1. The average Bonchev–Trinajstić information content (AvgIpc) is 2.63. The molecule has 1 aliphatic heterocycles. The van der Waals surface area contributed by atoms with E-state index in [1.165, 1.54) is 10.7 Å². The molecular formula is C18H25BrN2O3S. The van der Waals surface area contributed by atoms with Gasteiger partial charge in [-0.2, -0.15) is 4.31 Å². The Balaban J connectivity index is 1.66. The Bertz CT molecular complexity index is 717. The van der Waals surface area contributed by atoms with Crippen LogP contribution in [0.5, 0.6) is 0 Å². The van der Waals surface area contributed by atoms with Gasteiger partial charge in [-0.1, -0.05) is 31.4 Å². The summed E-state index contributed by atoms with van der Waals surface area (Å²) in [5.74, 6) is 0.203. The van der Waals surface area contributed by atoms with Gasteiger partial charge in [0.05, 0.1) is 4.90 Å². The van der Waals surface area contributed by atoms with Gasteiger partial charge in [0.15, 0.2) is 0 Å². The minimum absolute atomic E-state index is 0.0968. The first-order valence-electron chi connectivity index (χ1n) is 9.03. The minimum atomic E-state index is -3.55. The van der Waals surface area contributed by atoms with Crippen molar-refractivity contribution in [3.05, 3.63) is 28.7 Å². The van der Waals surface area contributed by atoms with Gasteiger partial charge >= 0.3 is 0 Å². The van der Waals surface area contributed by atoms with Gasteiger partial charge in [-0.05, 0) is 53.7 Å². The molecule has 5 nitrogen and oxygen atoms in total. The molecule has 7 heteroatoms. The molecule has 1 unspecified atom stereocenters. The Hall–Kier alpha value is -0.920. The molecule has 1 aromatic carbocycles. The van der Waals surface area contributed by atoms with Crippen molar-refractivity contribution in [2.75, 3.05) is 13.1 Å². The van der Waals surface area contributed by atoms with Crippen molar-refractivity contribution >= 4 is 31.9 Å². The van der Waals surface area contributed by atoms with Gasteiger partial charge in [0.25, 0.3) is 0 Å². The standard InChI is InChI=1S/C18H25BrN2O3S/c19-16-10-4-5-11-17(16)25(23,24)21-12-6-9-15(13-21)20-18(22)14-7-2-1-3-8-14/h4-5,10-11,14-15H,1-3,6-9,12-13H2,(H,20,22). The maximum absolute atomic E-state index is 12.9. The second kappa shape index (κ2) is 8.18. The third kappa shape index (κ3) is 4.44. The molecule has 0 aromatic heterocycles. The number of carbonyl (C=O) groups is 1. The Morgan fingerprint density at radius 1 is 1.08 bits per heavy atom. The maximum atomic E-state index is 12.9. The van der Waals surface area contributed by atoms with Crippen LogP contribution in [-0.2, 0) is 14.8 Å². The van der Waals surface area contributed by atoms with E-state index in [0.717, 1.165) is 38.5 Å². The highest BCUT2D eigenvalue weighted by atomic mass is 79.9. The van der Waals surface area contributed by atoms with Gasteiger partial charge in [-0.25, -0.2) is 8.42 Å². The highest BCUT2D eigenvalue weighted by Crippen LogP contribution is 2.28. The highest BCUT2D eigenvalue weighted by Gasteiger charge is 2.33. The Morgan fingerprint density at radius 3 is 2.52 bits per heavy atom. The Kier molecular flexibility index (Phi) is 6.17. The fourth-order valence-electron chi connectivity index (χ4n) is 3.76. The summed E-state index contributed by atoms with van der Waals surface area (Å²) in [5, 5.41) is 3.10. The SMILES string of the molecule is O=C(NC1CCCN(S(=O)(=O)c2ccccc2Br)C1)C1CCCCC1. The van der Waals surface area contributed by atoms with Crippen molar-refractivity contribution in [2.45, 2.75) is 55.9 Å². The molecule has 1 saturated carbocycles. The fraction of sp³-hybridized carbons (Fsp3) is 0.611. The lowest BCUT2D eigenvalue weighted by molar-refractivity contribution is -0.126. The molecule has 138 valence electrons. The first kappa shape index (κ1) is 18.9. The molecule has 1 amide bonds. The molecule has 0 bridgehead atoms. The number of nitrogens with zero attached hydrogens (tertiary/aromatic N) is 1. The summed E-state index contributed by atoms with van der Waals surface area (Å²) in [7, 11) is -3.55. The number of halogens is 1. The molecule has 1 atom stereocenters. The molecule has 25 heavy (non-hydrogen) atoms. The zero-order valence-electron chi connectivity index (χ0n) is 14.3. The summed E-state index contributed by atoms with van der Waals surface area (Å²) >= 11 is 3.33. The van der Waals surface area contributed by atoms with Crippen molar-refractivity contribution in [1.82, 2.24) is 9.62 Å². The molecule has 0 radical (unpaired) electrons. The van der Waals surface area contributed by atoms with E-state index in [9.17, 15) is 13.2 Å². The van der Waals surface area contributed by atoms with Crippen molar-refractivity contribution in [2.24, 2.45) is 5.92 Å². The maximum Gasteiger partial charge on any atom is 0.244 e. The van der Waals surface area contributed by atoms with E-state index in [4.69, 9.17) is 0 Å². The van der Waals surface area contributed by atoms with Crippen LogP contribution in [0.25, 0.3) is 0 Å². The summed E-state index contributed by atoms with van der Waals surface area (Å²) in [6.07, 6.45) is 6.95. The van der Waals surface area contributed by atoms with Gasteiger partial charge in [0, 0.05) is 29.5 Å². The second-order valence-electron chi connectivity index (χ2n) is 6.98.